The number of para-hydroxylation sites is 1. The predicted molar refractivity (Wildman–Crippen MR) is 85.1 cm³/mol. The fourth-order valence-electron chi connectivity index (χ4n) is 3.05. The van der Waals surface area contributed by atoms with Crippen LogP contribution in [-0.4, -0.2) is 11.6 Å². The van der Waals surface area contributed by atoms with E-state index in [9.17, 15) is 0 Å². The first-order valence-corrected chi connectivity index (χ1v) is 7.48. The van der Waals surface area contributed by atoms with Gasteiger partial charge < -0.3 is 4.74 Å². The first-order valence-electron chi connectivity index (χ1n) is 7.48. The van der Waals surface area contributed by atoms with Gasteiger partial charge in [0.05, 0.1) is 17.3 Å². The summed E-state index contributed by atoms with van der Waals surface area (Å²) < 4.78 is 5.91. The quantitative estimate of drug-likeness (QED) is 0.673. The average Bonchev–Trinajstić information content (AvgIpc) is 3.09. The number of hydrogen-bond donors (Lipinski definition) is 0. The molecular weight excluding hydrogens is 258 g/mol. The molecule has 1 atom stereocenters. The van der Waals surface area contributed by atoms with Crippen LogP contribution in [0.15, 0.2) is 60.7 Å². The van der Waals surface area contributed by atoms with Crippen molar-refractivity contribution in [2.24, 2.45) is 0 Å². The van der Waals surface area contributed by atoms with E-state index >= 15 is 0 Å². The second kappa shape index (κ2) is 5.30. The Morgan fingerprint density at radius 3 is 2.57 bits per heavy atom. The summed E-state index contributed by atoms with van der Waals surface area (Å²) in [7, 11) is 0. The maximum atomic E-state index is 5.91. The summed E-state index contributed by atoms with van der Waals surface area (Å²) in [6, 6.07) is 20.9. The fourth-order valence-corrected chi connectivity index (χ4v) is 3.05. The Hall–Kier alpha value is -2.19. The van der Waals surface area contributed by atoms with Crippen molar-refractivity contribution in [1.82, 2.24) is 4.98 Å². The van der Waals surface area contributed by atoms with Crippen LogP contribution >= 0.6 is 0 Å². The van der Waals surface area contributed by atoms with Gasteiger partial charge in [-0.25, -0.2) is 4.98 Å². The third kappa shape index (κ3) is 2.32. The highest BCUT2D eigenvalue weighted by Crippen LogP contribution is 2.35. The van der Waals surface area contributed by atoms with E-state index in [0.29, 0.717) is 0 Å². The second-order valence-corrected chi connectivity index (χ2v) is 5.48. The van der Waals surface area contributed by atoms with E-state index < -0.39 is 0 Å². The molecule has 1 aliphatic rings. The van der Waals surface area contributed by atoms with Crippen LogP contribution in [0.25, 0.3) is 22.2 Å². The second-order valence-electron chi connectivity index (χ2n) is 5.48. The molecule has 0 unspecified atom stereocenters. The van der Waals surface area contributed by atoms with Crippen LogP contribution in [0, 0.1) is 0 Å². The third-order valence-corrected chi connectivity index (χ3v) is 4.09. The number of hydrogen-bond acceptors (Lipinski definition) is 2. The lowest BCUT2D eigenvalue weighted by Gasteiger charge is -2.15. The van der Waals surface area contributed by atoms with Gasteiger partial charge in [-0.15, -0.1) is 0 Å². The van der Waals surface area contributed by atoms with Crippen molar-refractivity contribution in [1.29, 1.82) is 0 Å². The number of pyridine rings is 1. The number of rotatable bonds is 2. The molecule has 2 heteroatoms. The summed E-state index contributed by atoms with van der Waals surface area (Å²) in [5.74, 6) is 0. The zero-order valence-electron chi connectivity index (χ0n) is 11.8. The number of fused-ring (bicyclic) bond motifs is 1. The Bertz CT molecular complexity index is 761. The molecule has 2 heterocycles. The summed E-state index contributed by atoms with van der Waals surface area (Å²) in [5.41, 5.74) is 4.50. The molecule has 2 aromatic carbocycles. The highest BCUT2D eigenvalue weighted by molar-refractivity contribution is 5.85. The van der Waals surface area contributed by atoms with Gasteiger partial charge in [-0.3, -0.25) is 0 Å². The maximum Gasteiger partial charge on any atom is 0.0833 e. The van der Waals surface area contributed by atoms with Crippen LogP contribution < -0.4 is 0 Å². The van der Waals surface area contributed by atoms with E-state index in [4.69, 9.17) is 9.72 Å². The Morgan fingerprint density at radius 1 is 0.952 bits per heavy atom. The molecule has 4 rings (SSSR count). The van der Waals surface area contributed by atoms with Gasteiger partial charge in [-0.2, -0.15) is 0 Å². The minimum atomic E-state index is 0.209. The van der Waals surface area contributed by atoms with Gasteiger partial charge in [0, 0.05) is 17.6 Å². The molecule has 0 amide bonds. The monoisotopic (exact) mass is 275 g/mol. The van der Waals surface area contributed by atoms with E-state index in [-0.39, 0.29) is 6.10 Å². The smallest absolute Gasteiger partial charge is 0.0833 e. The summed E-state index contributed by atoms with van der Waals surface area (Å²) in [4.78, 5) is 4.82. The van der Waals surface area contributed by atoms with E-state index in [0.717, 1.165) is 36.2 Å². The van der Waals surface area contributed by atoms with Crippen molar-refractivity contribution in [3.05, 3.63) is 66.2 Å². The van der Waals surface area contributed by atoms with Crippen LogP contribution in [0.2, 0.25) is 0 Å². The van der Waals surface area contributed by atoms with E-state index in [1.165, 1.54) is 10.9 Å². The minimum Gasteiger partial charge on any atom is -0.374 e. The van der Waals surface area contributed by atoms with Crippen molar-refractivity contribution in [3.8, 4) is 11.3 Å². The number of nitrogens with zero attached hydrogens (tertiary/aromatic N) is 1. The average molecular weight is 275 g/mol. The molecule has 1 fully saturated rings. The molecule has 0 aliphatic carbocycles. The summed E-state index contributed by atoms with van der Waals surface area (Å²) in [6.45, 7) is 0.863. The van der Waals surface area contributed by atoms with E-state index in [1.807, 2.05) is 12.1 Å². The van der Waals surface area contributed by atoms with Crippen molar-refractivity contribution in [3.63, 3.8) is 0 Å². The molecule has 3 aromatic rings. The summed E-state index contributed by atoms with van der Waals surface area (Å²) in [5, 5.41) is 1.21. The largest absolute Gasteiger partial charge is 0.374 e. The highest BCUT2D eigenvalue weighted by atomic mass is 16.5. The van der Waals surface area contributed by atoms with Crippen LogP contribution in [0.5, 0.6) is 0 Å². The molecule has 1 aromatic heterocycles. The lowest BCUT2D eigenvalue weighted by Crippen LogP contribution is -1.99. The molecule has 1 aliphatic heterocycles. The van der Waals surface area contributed by atoms with Crippen molar-refractivity contribution < 1.29 is 4.74 Å². The van der Waals surface area contributed by atoms with Gasteiger partial charge in [0.1, 0.15) is 0 Å². The molecular formula is C19H17NO. The number of ether oxygens (including phenoxy) is 1. The first kappa shape index (κ1) is 12.5. The standard InChI is InChI=1S/C19H17NO/c1-2-7-14(8-3-1)18-13-16(19-11-6-12-21-19)15-9-4-5-10-17(15)20-18/h1-5,7-10,13,19H,6,11-12H2/t19-/m1/s1. The number of benzene rings is 2. The van der Waals surface area contributed by atoms with Crippen LogP contribution in [0.3, 0.4) is 0 Å². The van der Waals surface area contributed by atoms with Gasteiger partial charge in [0.15, 0.2) is 0 Å². The Balaban J connectivity index is 1.93. The van der Waals surface area contributed by atoms with Crippen molar-refractivity contribution >= 4 is 10.9 Å². The van der Waals surface area contributed by atoms with Crippen LogP contribution in [-0.2, 0) is 4.74 Å². The molecule has 21 heavy (non-hydrogen) atoms. The van der Waals surface area contributed by atoms with Crippen molar-refractivity contribution in [2.75, 3.05) is 6.61 Å². The summed E-state index contributed by atoms with van der Waals surface area (Å²) >= 11 is 0. The topological polar surface area (TPSA) is 22.1 Å². The molecule has 0 saturated carbocycles. The number of aromatic nitrogens is 1. The lowest BCUT2D eigenvalue weighted by molar-refractivity contribution is 0.113. The molecule has 0 N–H and O–H groups in total. The zero-order chi connectivity index (χ0) is 14.1. The van der Waals surface area contributed by atoms with Gasteiger partial charge in [-0.1, -0.05) is 48.5 Å². The molecule has 2 nitrogen and oxygen atoms in total. The zero-order valence-corrected chi connectivity index (χ0v) is 11.8. The van der Waals surface area contributed by atoms with E-state index in [2.05, 4.69) is 48.5 Å². The molecule has 0 radical (unpaired) electrons. The van der Waals surface area contributed by atoms with Crippen LogP contribution in [0.1, 0.15) is 24.5 Å². The van der Waals surface area contributed by atoms with Gasteiger partial charge in [0.2, 0.25) is 0 Å². The Kier molecular flexibility index (Phi) is 3.17. The van der Waals surface area contributed by atoms with Crippen molar-refractivity contribution in [2.45, 2.75) is 18.9 Å². The first-order chi connectivity index (χ1) is 10.4. The van der Waals surface area contributed by atoms with Gasteiger partial charge >= 0.3 is 0 Å². The third-order valence-electron chi connectivity index (χ3n) is 4.09. The van der Waals surface area contributed by atoms with E-state index in [1.54, 1.807) is 0 Å². The molecule has 104 valence electrons. The minimum absolute atomic E-state index is 0.209. The molecule has 1 saturated heterocycles. The van der Waals surface area contributed by atoms with Gasteiger partial charge in [0.25, 0.3) is 0 Å². The summed E-state index contributed by atoms with van der Waals surface area (Å²) in [6.07, 6.45) is 2.45. The SMILES string of the molecule is c1ccc(-c2cc([C@H]3CCCO3)c3ccccc3n2)cc1. The van der Waals surface area contributed by atoms with Crippen LogP contribution in [0.4, 0.5) is 0 Å². The fraction of sp³-hybridized carbons (Fsp3) is 0.211. The van der Waals surface area contributed by atoms with Gasteiger partial charge in [-0.05, 0) is 30.5 Å². The normalized spacial score (nSPS) is 18.2. The maximum absolute atomic E-state index is 5.91. The molecule has 0 spiro atoms. The lowest BCUT2D eigenvalue weighted by atomic mass is 9.99. The Labute approximate surface area is 124 Å². The highest BCUT2D eigenvalue weighted by Gasteiger charge is 2.21. The Morgan fingerprint density at radius 2 is 1.76 bits per heavy atom. The predicted octanol–water partition coefficient (Wildman–Crippen LogP) is 4.75. The molecule has 0 bridgehead atoms.